The first kappa shape index (κ1) is 15.8. The highest BCUT2D eigenvalue weighted by Gasteiger charge is 2.33. The van der Waals surface area contributed by atoms with Crippen LogP contribution in [0.25, 0.3) is 17.2 Å². The van der Waals surface area contributed by atoms with Crippen molar-refractivity contribution < 1.29 is 13.2 Å². The first-order valence-corrected chi connectivity index (χ1v) is 8.01. The molecule has 0 spiro atoms. The van der Waals surface area contributed by atoms with Gasteiger partial charge in [-0.1, -0.05) is 0 Å². The Hall–Kier alpha value is -2.71. The maximum atomic E-state index is 12.9. The van der Waals surface area contributed by atoms with Crippen LogP contribution in [0.15, 0.2) is 30.9 Å². The first-order chi connectivity index (χ1) is 12.0. The quantitative estimate of drug-likeness (QED) is 0.712. The third-order valence-electron chi connectivity index (χ3n) is 4.24. The van der Waals surface area contributed by atoms with Crippen molar-refractivity contribution in [1.82, 2.24) is 24.3 Å². The summed E-state index contributed by atoms with van der Waals surface area (Å²) < 4.78 is 40.1. The number of piperidine rings is 1. The van der Waals surface area contributed by atoms with Crippen LogP contribution in [-0.4, -0.2) is 37.4 Å². The summed E-state index contributed by atoms with van der Waals surface area (Å²) in [6.45, 7) is 1.84. The van der Waals surface area contributed by atoms with Gasteiger partial charge < -0.3 is 4.90 Å². The summed E-state index contributed by atoms with van der Waals surface area (Å²) in [7, 11) is 0. The standard InChI is InChI=1S/C16H15F3N6/c17-16(18,19)12-10-25-11(8-22-14(25)9-21-12)15-20-5-4-13(23-15)24-6-2-1-3-7-24/h4-5,8-10H,1-3,6-7H2. The molecule has 1 aliphatic heterocycles. The molecule has 0 bridgehead atoms. The van der Waals surface area contributed by atoms with Gasteiger partial charge in [0.2, 0.25) is 0 Å². The van der Waals surface area contributed by atoms with E-state index in [1.807, 2.05) is 6.07 Å². The van der Waals surface area contributed by atoms with E-state index in [1.54, 1.807) is 6.20 Å². The van der Waals surface area contributed by atoms with Gasteiger partial charge in [-0.15, -0.1) is 0 Å². The summed E-state index contributed by atoms with van der Waals surface area (Å²) in [6.07, 6.45) is 4.01. The normalized spacial score (nSPS) is 15.7. The SMILES string of the molecule is FC(F)(F)c1cn2c(-c3nccc(N4CCCCC4)n3)cnc2cn1. The average molecular weight is 348 g/mol. The molecule has 0 radical (unpaired) electrons. The van der Waals surface area contributed by atoms with Crippen molar-refractivity contribution in [1.29, 1.82) is 0 Å². The fourth-order valence-electron chi connectivity index (χ4n) is 2.97. The minimum atomic E-state index is -4.52. The Morgan fingerprint density at radius 2 is 1.76 bits per heavy atom. The van der Waals surface area contributed by atoms with Gasteiger partial charge in [-0.25, -0.2) is 19.9 Å². The largest absolute Gasteiger partial charge is 0.434 e. The van der Waals surface area contributed by atoms with E-state index in [0.717, 1.165) is 44.1 Å². The monoisotopic (exact) mass is 348 g/mol. The Balaban J connectivity index is 1.76. The van der Waals surface area contributed by atoms with Crippen molar-refractivity contribution in [3.8, 4) is 11.5 Å². The molecule has 4 heterocycles. The minimum Gasteiger partial charge on any atom is -0.357 e. The summed E-state index contributed by atoms with van der Waals surface area (Å²) >= 11 is 0. The van der Waals surface area contributed by atoms with E-state index >= 15 is 0 Å². The summed E-state index contributed by atoms with van der Waals surface area (Å²) in [6, 6.07) is 1.82. The van der Waals surface area contributed by atoms with E-state index in [9.17, 15) is 13.2 Å². The molecule has 1 fully saturated rings. The number of imidazole rings is 1. The van der Waals surface area contributed by atoms with Crippen LogP contribution in [0.2, 0.25) is 0 Å². The predicted molar refractivity (Wildman–Crippen MR) is 85.1 cm³/mol. The maximum absolute atomic E-state index is 12.9. The highest BCUT2D eigenvalue weighted by atomic mass is 19.4. The number of anilines is 1. The van der Waals surface area contributed by atoms with Crippen molar-refractivity contribution in [2.75, 3.05) is 18.0 Å². The van der Waals surface area contributed by atoms with Gasteiger partial charge in [0.15, 0.2) is 17.2 Å². The zero-order valence-corrected chi connectivity index (χ0v) is 13.2. The molecular weight excluding hydrogens is 333 g/mol. The molecule has 0 aliphatic carbocycles. The minimum absolute atomic E-state index is 0.315. The van der Waals surface area contributed by atoms with E-state index in [1.165, 1.54) is 17.0 Å². The van der Waals surface area contributed by atoms with Gasteiger partial charge in [0.1, 0.15) is 11.5 Å². The molecule has 1 aliphatic rings. The Morgan fingerprint density at radius 3 is 2.52 bits per heavy atom. The topological polar surface area (TPSA) is 59.2 Å². The number of aromatic nitrogens is 5. The molecule has 0 unspecified atom stereocenters. The van der Waals surface area contributed by atoms with Crippen molar-refractivity contribution in [3.05, 3.63) is 36.5 Å². The van der Waals surface area contributed by atoms with Gasteiger partial charge >= 0.3 is 6.18 Å². The fourth-order valence-corrected chi connectivity index (χ4v) is 2.97. The third-order valence-corrected chi connectivity index (χ3v) is 4.24. The number of hydrogen-bond acceptors (Lipinski definition) is 5. The van der Waals surface area contributed by atoms with E-state index in [2.05, 4.69) is 24.8 Å². The second kappa shape index (κ2) is 5.98. The lowest BCUT2D eigenvalue weighted by Crippen LogP contribution is -2.30. The molecule has 4 rings (SSSR count). The molecular formula is C16H15F3N6. The fraction of sp³-hybridized carbons (Fsp3) is 0.375. The van der Waals surface area contributed by atoms with Gasteiger partial charge in [0, 0.05) is 25.5 Å². The number of alkyl halides is 3. The molecule has 0 aromatic carbocycles. The zero-order chi connectivity index (χ0) is 17.4. The second-order valence-electron chi connectivity index (χ2n) is 5.93. The molecule has 9 heteroatoms. The summed E-state index contributed by atoms with van der Waals surface area (Å²) in [5.74, 6) is 1.12. The Bertz CT molecular complexity index is 898. The van der Waals surface area contributed by atoms with Gasteiger partial charge in [-0.05, 0) is 25.3 Å². The Labute approximate surface area is 141 Å². The Kier molecular flexibility index (Phi) is 3.78. The maximum Gasteiger partial charge on any atom is 0.434 e. The van der Waals surface area contributed by atoms with Crippen molar-refractivity contribution in [2.24, 2.45) is 0 Å². The van der Waals surface area contributed by atoms with Crippen LogP contribution in [0.3, 0.4) is 0 Å². The first-order valence-electron chi connectivity index (χ1n) is 8.01. The lowest BCUT2D eigenvalue weighted by molar-refractivity contribution is -0.141. The number of fused-ring (bicyclic) bond motifs is 1. The molecule has 0 saturated carbocycles. The molecule has 0 N–H and O–H groups in total. The molecule has 0 atom stereocenters. The molecule has 6 nitrogen and oxygen atoms in total. The number of nitrogens with zero attached hydrogens (tertiary/aromatic N) is 6. The lowest BCUT2D eigenvalue weighted by Gasteiger charge is -2.27. The second-order valence-corrected chi connectivity index (χ2v) is 5.93. The van der Waals surface area contributed by atoms with Crippen LogP contribution >= 0.6 is 0 Å². The number of halogens is 3. The van der Waals surface area contributed by atoms with Crippen LogP contribution in [0.4, 0.5) is 19.0 Å². The van der Waals surface area contributed by atoms with Crippen LogP contribution in [-0.2, 0) is 6.18 Å². The summed E-state index contributed by atoms with van der Waals surface area (Å²) in [5, 5.41) is 0. The van der Waals surface area contributed by atoms with Crippen LogP contribution < -0.4 is 4.90 Å². The molecule has 3 aromatic heterocycles. The molecule has 0 amide bonds. The van der Waals surface area contributed by atoms with Crippen molar-refractivity contribution in [2.45, 2.75) is 25.4 Å². The highest BCUT2D eigenvalue weighted by molar-refractivity contribution is 5.58. The lowest BCUT2D eigenvalue weighted by atomic mass is 10.1. The smallest absolute Gasteiger partial charge is 0.357 e. The highest BCUT2D eigenvalue weighted by Crippen LogP contribution is 2.29. The number of rotatable bonds is 2. The summed E-state index contributed by atoms with van der Waals surface area (Å²) in [5.41, 5.74) is -0.261. The van der Waals surface area contributed by atoms with E-state index in [4.69, 9.17) is 0 Å². The zero-order valence-electron chi connectivity index (χ0n) is 13.2. The summed E-state index contributed by atoms with van der Waals surface area (Å²) in [4.78, 5) is 18.4. The van der Waals surface area contributed by atoms with Gasteiger partial charge in [-0.3, -0.25) is 4.40 Å². The number of hydrogen-bond donors (Lipinski definition) is 0. The van der Waals surface area contributed by atoms with Crippen molar-refractivity contribution >= 4 is 11.5 Å². The predicted octanol–water partition coefficient (Wildman–Crippen LogP) is 3.20. The average Bonchev–Trinajstić information content (AvgIpc) is 3.05. The van der Waals surface area contributed by atoms with E-state index in [-0.39, 0.29) is 0 Å². The van der Waals surface area contributed by atoms with Crippen LogP contribution in [0, 0.1) is 0 Å². The van der Waals surface area contributed by atoms with E-state index < -0.39 is 11.9 Å². The van der Waals surface area contributed by atoms with Crippen LogP contribution in [0.1, 0.15) is 25.0 Å². The van der Waals surface area contributed by atoms with Crippen LogP contribution in [0.5, 0.6) is 0 Å². The molecule has 130 valence electrons. The van der Waals surface area contributed by atoms with Gasteiger partial charge in [0.05, 0.1) is 12.4 Å². The van der Waals surface area contributed by atoms with Crippen molar-refractivity contribution in [3.63, 3.8) is 0 Å². The van der Waals surface area contributed by atoms with Gasteiger partial charge in [-0.2, -0.15) is 13.2 Å². The molecule has 1 saturated heterocycles. The Morgan fingerprint density at radius 1 is 0.960 bits per heavy atom. The van der Waals surface area contributed by atoms with E-state index in [0.29, 0.717) is 17.2 Å². The molecule has 3 aromatic rings. The third kappa shape index (κ3) is 3.01. The molecule has 25 heavy (non-hydrogen) atoms. The van der Waals surface area contributed by atoms with Gasteiger partial charge in [0.25, 0.3) is 0 Å².